The number of piperidine rings is 1. The molecule has 28 heavy (non-hydrogen) atoms. The standard InChI is InChI=1S/C24H32N2O2/c1-18-17-21-9-5-6-10-22(21)26(18)24(28)20-13-15-25(16-14-20)23(27)12-11-19-7-3-2-4-8-19/h2-4,7-8,11-12,18,20-22H,5-6,9-10,13-17H2,1H3. The maximum atomic E-state index is 13.3. The third kappa shape index (κ3) is 4.01. The van der Waals surface area contributed by atoms with Crippen molar-refractivity contribution in [2.45, 2.75) is 64.0 Å². The largest absolute Gasteiger partial charge is 0.339 e. The Morgan fingerprint density at radius 2 is 1.71 bits per heavy atom. The smallest absolute Gasteiger partial charge is 0.246 e. The van der Waals surface area contributed by atoms with Crippen LogP contribution in [0, 0.1) is 11.8 Å². The van der Waals surface area contributed by atoms with Gasteiger partial charge in [-0.3, -0.25) is 9.59 Å². The fourth-order valence-electron chi connectivity index (χ4n) is 5.48. The zero-order valence-electron chi connectivity index (χ0n) is 16.9. The highest BCUT2D eigenvalue weighted by atomic mass is 16.2. The number of fused-ring (bicyclic) bond motifs is 1. The molecule has 3 unspecified atom stereocenters. The lowest BCUT2D eigenvalue weighted by atomic mass is 9.84. The summed E-state index contributed by atoms with van der Waals surface area (Å²) in [5, 5.41) is 0. The fraction of sp³-hybridized carbons (Fsp3) is 0.583. The number of carbonyl (C=O) groups excluding carboxylic acids is 2. The molecule has 2 amide bonds. The van der Waals surface area contributed by atoms with E-state index in [1.807, 2.05) is 41.3 Å². The molecule has 0 radical (unpaired) electrons. The molecule has 3 fully saturated rings. The second-order valence-corrected chi connectivity index (χ2v) is 8.79. The van der Waals surface area contributed by atoms with Crippen LogP contribution in [0.5, 0.6) is 0 Å². The van der Waals surface area contributed by atoms with E-state index in [4.69, 9.17) is 0 Å². The lowest BCUT2D eigenvalue weighted by Crippen LogP contribution is -2.48. The van der Waals surface area contributed by atoms with Gasteiger partial charge in [-0.2, -0.15) is 0 Å². The topological polar surface area (TPSA) is 40.6 Å². The molecule has 150 valence electrons. The van der Waals surface area contributed by atoms with Crippen molar-refractivity contribution in [3.05, 3.63) is 42.0 Å². The summed E-state index contributed by atoms with van der Waals surface area (Å²) in [6.07, 6.45) is 11.4. The summed E-state index contributed by atoms with van der Waals surface area (Å²) >= 11 is 0. The number of amides is 2. The van der Waals surface area contributed by atoms with Gasteiger partial charge in [0.2, 0.25) is 11.8 Å². The average Bonchev–Trinajstić information content (AvgIpc) is 3.08. The maximum Gasteiger partial charge on any atom is 0.246 e. The van der Waals surface area contributed by atoms with Gasteiger partial charge in [0.1, 0.15) is 0 Å². The predicted molar refractivity (Wildman–Crippen MR) is 111 cm³/mol. The number of nitrogens with zero attached hydrogens (tertiary/aromatic N) is 2. The minimum absolute atomic E-state index is 0.0524. The zero-order chi connectivity index (χ0) is 19.5. The number of rotatable bonds is 3. The van der Waals surface area contributed by atoms with Gasteiger partial charge in [-0.15, -0.1) is 0 Å². The maximum absolute atomic E-state index is 13.3. The van der Waals surface area contributed by atoms with Crippen molar-refractivity contribution < 1.29 is 9.59 Å². The molecule has 2 heterocycles. The van der Waals surface area contributed by atoms with Crippen LogP contribution in [0.25, 0.3) is 6.08 Å². The second kappa shape index (κ2) is 8.50. The molecule has 0 aromatic heterocycles. The molecule has 4 rings (SSSR count). The molecule has 0 bridgehead atoms. The van der Waals surface area contributed by atoms with Crippen LogP contribution in [-0.2, 0) is 9.59 Å². The highest BCUT2D eigenvalue weighted by Crippen LogP contribution is 2.40. The Labute approximate surface area is 168 Å². The molecule has 1 aromatic carbocycles. The first-order valence-electron chi connectivity index (χ1n) is 11.0. The molecule has 2 aliphatic heterocycles. The molecule has 0 spiro atoms. The van der Waals surface area contributed by atoms with E-state index in [0.29, 0.717) is 31.1 Å². The first-order valence-corrected chi connectivity index (χ1v) is 11.0. The summed E-state index contributed by atoms with van der Waals surface area (Å²) < 4.78 is 0. The molecular formula is C24H32N2O2. The normalized spacial score (nSPS) is 28.5. The molecule has 1 aliphatic carbocycles. The molecule has 2 saturated heterocycles. The highest BCUT2D eigenvalue weighted by Gasteiger charge is 2.44. The molecule has 4 heteroatoms. The lowest BCUT2D eigenvalue weighted by Gasteiger charge is -2.38. The number of hydrogen-bond donors (Lipinski definition) is 0. The van der Waals surface area contributed by atoms with E-state index in [1.54, 1.807) is 6.08 Å². The lowest BCUT2D eigenvalue weighted by molar-refractivity contribution is -0.142. The van der Waals surface area contributed by atoms with Crippen LogP contribution in [0.3, 0.4) is 0 Å². The quantitative estimate of drug-likeness (QED) is 0.740. The van der Waals surface area contributed by atoms with Crippen LogP contribution in [0.4, 0.5) is 0 Å². The van der Waals surface area contributed by atoms with Crippen molar-refractivity contribution in [2.24, 2.45) is 11.8 Å². The molecular weight excluding hydrogens is 348 g/mol. The average molecular weight is 381 g/mol. The summed E-state index contributed by atoms with van der Waals surface area (Å²) in [7, 11) is 0. The van der Waals surface area contributed by atoms with E-state index < -0.39 is 0 Å². The van der Waals surface area contributed by atoms with Crippen LogP contribution >= 0.6 is 0 Å². The van der Waals surface area contributed by atoms with E-state index in [-0.39, 0.29) is 11.8 Å². The van der Waals surface area contributed by atoms with Crippen molar-refractivity contribution in [2.75, 3.05) is 13.1 Å². The van der Waals surface area contributed by atoms with Gasteiger partial charge < -0.3 is 9.80 Å². The van der Waals surface area contributed by atoms with Crippen LogP contribution in [0.1, 0.15) is 57.4 Å². The number of benzene rings is 1. The Morgan fingerprint density at radius 3 is 2.46 bits per heavy atom. The van der Waals surface area contributed by atoms with E-state index in [9.17, 15) is 9.59 Å². The summed E-state index contributed by atoms with van der Waals surface area (Å²) in [6.45, 7) is 3.60. The van der Waals surface area contributed by atoms with Crippen molar-refractivity contribution in [1.29, 1.82) is 0 Å². The van der Waals surface area contributed by atoms with Crippen LogP contribution < -0.4 is 0 Å². The van der Waals surface area contributed by atoms with Crippen molar-refractivity contribution >= 4 is 17.9 Å². The molecule has 0 N–H and O–H groups in total. The van der Waals surface area contributed by atoms with Gasteiger partial charge in [0.05, 0.1) is 0 Å². The number of carbonyl (C=O) groups is 2. The van der Waals surface area contributed by atoms with Gasteiger partial charge in [-0.25, -0.2) is 0 Å². The second-order valence-electron chi connectivity index (χ2n) is 8.79. The Morgan fingerprint density at radius 1 is 1.00 bits per heavy atom. The third-order valence-electron chi connectivity index (χ3n) is 6.97. The van der Waals surface area contributed by atoms with Gasteiger partial charge >= 0.3 is 0 Å². The van der Waals surface area contributed by atoms with Crippen LogP contribution in [-0.4, -0.2) is 46.8 Å². The van der Waals surface area contributed by atoms with Gasteiger partial charge in [0, 0.05) is 37.2 Å². The molecule has 1 aromatic rings. The fourth-order valence-corrected chi connectivity index (χ4v) is 5.48. The first-order chi connectivity index (χ1) is 13.6. The number of likely N-dealkylation sites (tertiary alicyclic amines) is 2. The van der Waals surface area contributed by atoms with E-state index in [0.717, 1.165) is 24.3 Å². The summed E-state index contributed by atoms with van der Waals surface area (Å²) in [4.78, 5) is 29.9. The molecule has 3 atom stereocenters. The van der Waals surface area contributed by atoms with Crippen LogP contribution in [0.15, 0.2) is 36.4 Å². The SMILES string of the molecule is CC1CC2CCCCC2N1C(=O)C1CCN(C(=O)C=Cc2ccccc2)CC1. The van der Waals surface area contributed by atoms with Crippen molar-refractivity contribution in [3.63, 3.8) is 0 Å². The van der Waals surface area contributed by atoms with Gasteiger partial charge in [-0.1, -0.05) is 43.2 Å². The molecule has 4 nitrogen and oxygen atoms in total. The Kier molecular flexibility index (Phi) is 5.84. The van der Waals surface area contributed by atoms with E-state index in [1.165, 1.54) is 32.1 Å². The third-order valence-corrected chi connectivity index (χ3v) is 6.97. The summed E-state index contributed by atoms with van der Waals surface area (Å²) in [5.74, 6) is 1.22. The van der Waals surface area contributed by atoms with Gasteiger partial charge in [0.15, 0.2) is 0 Å². The molecule has 3 aliphatic rings. The molecule has 1 saturated carbocycles. The van der Waals surface area contributed by atoms with Gasteiger partial charge in [0.25, 0.3) is 0 Å². The minimum Gasteiger partial charge on any atom is -0.339 e. The minimum atomic E-state index is 0.0524. The van der Waals surface area contributed by atoms with Crippen LogP contribution in [0.2, 0.25) is 0 Å². The summed E-state index contributed by atoms with van der Waals surface area (Å²) in [5.41, 5.74) is 1.03. The Hall–Kier alpha value is -2.10. The monoisotopic (exact) mass is 380 g/mol. The summed E-state index contributed by atoms with van der Waals surface area (Å²) in [6, 6.07) is 10.8. The number of hydrogen-bond acceptors (Lipinski definition) is 2. The Balaban J connectivity index is 1.32. The van der Waals surface area contributed by atoms with Crippen molar-refractivity contribution in [1.82, 2.24) is 9.80 Å². The van der Waals surface area contributed by atoms with Crippen molar-refractivity contribution in [3.8, 4) is 0 Å². The van der Waals surface area contributed by atoms with E-state index >= 15 is 0 Å². The first kappa shape index (κ1) is 19.2. The highest BCUT2D eigenvalue weighted by molar-refractivity contribution is 5.92. The zero-order valence-corrected chi connectivity index (χ0v) is 16.9. The van der Waals surface area contributed by atoms with E-state index in [2.05, 4.69) is 11.8 Å². The van der Waals surface area contributed by atoms with Gasteiger partial charge in [-0.05, 0) is 56.6 Å². The predicted octanol–water partition coefficient (Wildman–Crippen LogP) is 4.12. The Bertz CT molecular complexity index is 721.